The van der Waals surface area contributed by atoms with Crippen LogP contribution in [0.1, 0.15) is 43.2 Å². The summed E-state index contributed by atoms with van der Waals surface area (Å²) in [5.74, 6) is -0.0234. The van der Waals surface area contributed by atoms with Crippen LogP contribution in [-0.4, -0.2) is 71.2 Å². The molecule has 2 amide bonds. The van der Waals surface area contributed by atoms with Crippen molar-refractivity contribution in [3.8, 4) is 0 Å². The van der Waals surface area contributed by atoms with Crippen LogP contribution in [0.15, 0.2) is 24.3 Å². The summed E-state index contributed by atoms with van der Waals surface area (Å²) < 4.78 is 39.3. The lowest BCUT2D eigenvalue weighted by molar-refractivity contribution is -0.137. The first-order chi connectivity index (χ1) is 14.7. The molecule has 0 aliphatic carbocycles. The number of benzene rings is 1. The first kappa shape index (κ1) is 23.9. The van der Waals surface area contributed by atoms with Gasteiger partial charge in [-0.2, -0.15) is 13.2 Å². The van der Waals surface area contributed by atoms with Crippen LogP contribution in [0.4, 0.5) is 18.0 Å². The fourth-order valence-electron chi connectivity index (χ4n) is 4.47. The average molecular weight is 458 g/mol. The summed E-state index contributed by atoms with van der Waals surface area (Å²) in [6, 6.07) is 4.76. The number of rotatable bonds is 6. The van der Waals surface area contributed by atoms with Crippen LogP contribution in [0.5, 0.6) is 0 Å². The Morgan fingerprint density at radius 1 is 1.10 bits per heavy atom. The maximum Gasteiger partial charge on any atom is 0.416 e. The molecule has 31 heavy (non-hydrogen) atoms. The third-order valence-corrected chi connectivity index (χ3v) is 6.37. The van der Waals surface area contributed by atoms with Crippen LogP contribution in [0, 0.1) is 0 Å². The Kier molecular flexibility index (Phi) is 8.27. The molecule has 2 aliphatic heterocycles. The topological polar surface area (TPSA) is 43.9 Å². The molecule has 1 aromatic carbocycles. The predicted molar refractivity (Wildman–Crippen MR) is 116 cm³/mol. The maximum absolute atomic E-state index is 13.1. The van der Waals surface area contributed by atoms with Crippen LogP contribution in [0.25, 0.3) is 0 Å². The first-order valence-electron chi connectivity index (χ1n) is 10.9. The number of carbonyl (C=O) groups is 2. The van der Waals surface area contributed by atoms with Crippen molar-refractivity contribution in [2.45, 2.75) is 50.7 Å². The van der Waals surface area contributed by atoms with E-state index in [-0.39, 0.29) is 25.3 Å². The highest BCUT2D eigenvalue weighted by molar-refractivity contribution is 7.96. The fourth-order valence-corrected chi connectivity index (χ4v) is 4.73. The highest BCUT2D eigenvalue weighted by Crippen LogP contribution is 2.30. The van der Waals surface area contributed by atoms with Gasteiger partial charge in [0.15, 0.2) is 0 Å². The number of thiol groups is 1. The van der Waals surface area contributed by atoms with Crippen molar-refractivity contribution in [2.24, 2.45) is 0 Å². The molecule has 2 heterocycles. The van der Waals surface area contributed by atoms with Crippen molar-refractivity contribution < 1.29 is 22.8 Å². The smallest absolute Gasteiger partial charge is 0.341 e. The van der Waals surface area contributed by atoms with E-state index in [9.17, 15) is 22.8 Å². The van der Waals surface area contributed by atoms with Gasteiger partial charge in [0, 0.05) is 26.1 Å². The molecule has 5 nitrogen and oxygen atoms in total. The van der Waals surface area contributed by atoms with Crippen LogP contribution >= 0.6 is 12.6 Å². The molecule has 0 radical (unpaired) electrons. The number of halogens is 3. The number of hydrogen-bond acceptors (Lipinski definition) is 3. The van der Waals surface area contributed by atoms with Crippen molar-refractivity contribution >= 4 is 23.8 Å². The summed E-state index contributed by atoms with van der Waals surface area (Å²) >= 11 is 3.95. The lowest BCUT2D eigenvalue weighted by Gasteiger charge is -2.32. The van der Waals surface area contributed by atoms with Gasteiger partial charge in [0.05, 0.1) is 11.6 Å². The Morgan fingerprint density at radius 2 is 1.84 bits per heavy atom. The van der Waals surface area contributed by atoms with Gasteiger partial charge in [-0.3, -0.25) is 9.59 Å². The molecule has 2 saturated heterocycles. The van der Waals surface area contributed by atoms with E-state index in [0.29, 0.717) is 18.7 Å². The number of alkyl halides is 3. The molecule has 0 saturated carbocycles. The molecular formula is C22H30F3N3O2S. The molecule has 9 heteroatoms. The van der Waals surface area contributed by atoms with Gasteiger partial charge in [0.2, 0.25) is 5.91 Å². The highest BCUT2D eigenvalue weighted by atomic mass is 32.1. The third-order valence-electron chi connectivity index (χ3n) is 6.11. The summed E-state index contributed by atoms with van der Waals surface area (Å²) in [7, 11) is 0. The SMILES string of the molecule is O=C1CCN(C(=O)S)[C@H](Cc2cccc(C(F)(F)F)c2)CN1CCCN1CCCCC1. The summed E-state index contributed by atoms with van der Waals surface area (Å²) in [6.07, 6.45) is 0.556. The Hall–Kier alpha value is -1.74. The molecule has 3 rings (SSSR count). The molecule has 1 aromatic rings. The molecule has 0 unspecified atom stereocenters. The van der Waals surface area contributed by atoms with E-state index in [2.05, 4.69) is 17.5 Å². The van der Waals surface area contributed by atoms with Crippen molar-refractivity contribution in [1.29, 1.82) is 0 Å². The van der Waals surface area contributed by atoms with Gasteiger partial charge in [0.25, 0.3) is 5.24 Å². The predicted octanol–water partition coefficient (Wildman–Crippen LogP) is 4.08. The number of likely N-dealkylation sites (tertiary alicyclic amines) is 1. The van der Waals surface area contributed by atoms with Crippen molar-refractivity contribution in [3.63, 3.8) is 0 Å². The summed E-state index contributed by atoms with van der Waals surface area (Å²) in [5, 5.41) is -0.458. The normalized spacial score (nSPS) is 21.3. The Bertz CT molecular complexity index is 769. The average Bonchev–Trinajstić information content (AvgIpc) is 2.87. The van der Waals surface area contributed by atoms with Crippen LogP contribution < -0.4 is 0 Å². The van der Waals surface area contributed by atoms with Gasteiger partial charge < -0.3 is 14.7 Å². The quantitative estimate of drug-likeness (QED) is 0.655. The number of piperidine rings is 1. The van der Waals surface area contributed by atoms with E-state index in [0.717, 1.165) is 38.2 Å². The standard InChI is InChI=1S/C22H30F3N3O2S/c23-22(24,25)18-7-4-6-17(14-18)15-19-16-27(20(29)8-13-28(19)21(30)31)12-5-11-26-9-2-1-3-10-26/h4,6-7,14,19H,1-3,5,8-13,15-16H2,(H,30,31)/t19-/m1/s1. The number of carbonyl (C=O) groups excluding carboxylic acids is 2. The van der Waals surface area contributed by atoms with Crippen molar-refractivity contribution in [3.05, 3.63) is 35.4 Å². The van der Waals surface area contributed by atoms with E-state index in [1.807, 2.05) is 0 Å². The van der Waals surface area contributed by atoms with Gasteiger partial charge >= 0.3 is 6.18 Å². The second-order valence-corrected chi connectivity index (χ2v) is 8.76. The largest absolute Gasteiger partial charge is 0.416 e. The van der Waals surface area contributed by atoms with E-state index in [1.165, 1.54) is 30.2 Å². The van der Waals surface area contributed by atoms with E-state index < -0.39 is 23.0 Å². The van der Waals surface area contributed by atoms with Crippen LogP contribution in [0.2, 0.25) is 0 Å². The molecule has 0 N–H and O–H groups in total. The number of amides is 2. The highest BCUT2D eigenvalue weighted by Gasteiger charge is 2.33. The molecule has 0 spiro atoms. The minimum absolute atomic E-state index is 0.0234. The Morgan fingerprint density at radius 3 is 2.52 bits per heavy atom. The lowest BCUT2D eigenvalue weighted by atomic mass is 10.0. The number of nitrogens with zero attached hydrogens (tertiary/aromatic N) is 3. The van der Waals surface area contributed by atoms with Gasteiger partial charge in [0.1, 0.15) is 0 Å². The summed E-state index contributed by atoms with van der Waals surface area (Å²) in [5.41, 5.74) is -0.223. The molecule has 172 valence electrons. The monoisotopic (exact) mass is 457 g/mol. The van der Waals surface area contributed by atoms with E-state index in [4.69, 9.17) is 0 Å². The Labute approximate surface area is 187 Å². The summed E-state index contributed by atoms with van der Waals surface area (Å²) in [6.45, 7) is 4.23. The van der Waals surface area contributed by atoms with Gasteiger partial charge in [-0.05, 0) is 56.9 Å². The zero-order chi connectivity index (χ0) is 22.4. The maximum atomic E-state index is 13.1. The minimum atomic E-state index is -4.42. The van der Waals surface area contributed by atoms with Crippen molar-refractivity contribution in [1.82, 2.24) is 14.7 Å². The summed E-state index contributed by atoms with van der Waals surface area (Å²) in [4.78, 5) is 30.4. The lowest BCUT2D eigenvalue weighted by Crippen LogP contribution is -2.45. The molecular weight excluding hydrogens is 427 g/mol. The molecule has 0 aromatic heterocycles. The molecule has 2 fully saturated rings. The molecule has 1 atom stereocenters. The van der Waals surface area contributed by atoms with Gasteiger partial charge in [-0.1, -0.05) is 37.2 Å². The molecule has 0 bridgehead atoms. The zero-order valence-electron chi connectivity index (χ0n) is 17.6. The first-order valence-corrected chi connectivity index (χ1v) is 11.3. The van der Waals surface area contributed by atoms with E-state index in [1.54, 1.807) is 11.0 Å². The minimum Gasteiger partial charge on any atom is -0.341 e. The second-order valence-electron chi connectivity index (χ2n) is 8.38. The molecule has 2 aliphatic rings. The van der Waals surface area contributed by atoms with Gasteiger partial charge in [-0.15, -0.1) is 0 Å². The second kappa shape index (κ2) is 10.7. The zero-order valence-corrected chi connectivity index (χ0v) is 18.5. The van der Waals surface area contributed by atoms with Crippen LogP contribution in [0.3, 0.4) is 0 Å². The van der Waals surface area contributed by atoms with Crippen LogP contribution in [-0.2, 0) is 17.4 Å². The number of hydrogen-bond donors (Lipinski definition) is 1. The third kappa shape index (κ3) is 6.87. The van der Waals surface area contributed by atoms with Gasteiger partial charge in [-0.25, -0.2) is 0 Å². The Balaban J connectivity index is 1.68. The fraction of sp³-hybridized carbons (Fsp3) is 0.636. The van der Waals surface area contributed by atoms with E-state index >= 15 is 0 Å². The van der Waals surface area contributed by atoms with Crippen molar-refractivity contribution in [2.75, 3.05) is 39.3 Å².